The summed E-state index contributed by atoms with van der Waals surface area (Å²) in [5.41, 5.74) is 0. The lowest BCUT2D eigenvalue weighted by atomic mass is 10.9. The molecule has 2 N–H and O–H groups in total. The quantitative estimate of drug-likeness (QED) is 0.698. The highest BCUT2D eigenvalue weighted by molar-refractivity contribution is 7.73. The van der Waals surface area contributed by atoms with Gasteiger partial charge in [-0.1, -0.05) is 0 Å². The molecule has 0 aliphatic carbocycles. The van der Waals surface area contributed by atoms with Crippen LogP contribution in [0, 0.1) is 0 Å². The Kier molecular flexibility index (Phi) is 4.49. The molecule has 0 saturated heterocycles. The first-order chi connectivity index (χ1) is 6.18. The fraction of sp³-hybridized carbons (Fsp3) is 1.00. The second-order valence-electron chi connectivity index (χ2n) is 2.54. The third-order valence-corrected chi connectivity index (χ3v) is 6.84. The normalized spacial score (nSPS) is 21.3. The highest BCUT2D eigenvalue weighted by Gasteiger charge is 2.59. The van der Waals surface area contributed by atoms with E-state index in [1.807, 2.05) is 0 Å². The average Bonchev–Trinajstić information content (AvgIpc) is 2.15. The van der Waals surface area contributed by atoms with Crippen LogP contribution in [0.1, 0.15) is 6.92 Å². The molecule has 0 spiro atoms. The van der Waals surface area contributed by atoms with E-state index in [1.54, 1.807) is 0 Å². The summed E-state index contributed by atoms with van der Waals surface area (Å²) in [5.74, 6) is 0. The Morgan fingerprint density at radius 3 is 1.64 bits per heavy atom. The van der Waals surface area contributed by atoms with E-state index in [0.29, 0.717) is 0 Å². The molecule has 2 unspecified atom stereocenters. The standard InChI is InChI=1S/C5H14O7P2/c1-5(6,13(7,8)10-2)14(9,11-3)12-4/h6H,1-4H3,(H,7,8). The highest BCUT2D eigenvalue weighted by atomic mass is 31.2. The maximum absolute atomic E-state index is 11.7. The van der Waals surface area contributed by atoms with Crippen molar-refractivity contribution in [3.63, 3.8) is 0 Å². The molecular formula is C5H14O7P2. The molecule has 0 fully saturated rings. The lowest BCUT2D eigenvalue weighted by molar-refractivity contribution is 0.123. The van der Waals surface area contributed by atoms with Gasteiger partial charge in [0.25, 0.3) is 5.08 Å². The minimum Gasteiger partial charge on any atom is -0.368 e. The third-order valence-electron chi connectivity index (χ3n) is 1.78. The number of hydrogen-bond donors (Lipinski definition) is 2. The Bertz CT molecular complexity index is 278. The van der Waals surface area contributed by atoms with Crippen LogP contribution in [0.4, 0.5) is 0 Å². The lowest BCUT2D eigenvalue weighted by Crippen LogP contribution is -2.26. The molecule has 0 rings (SSSR count). The van der Waals surface area contributed by atoms with Crippen LogP contribution in [0.15, 0.2) is 0 Å². The van der Waals surface area contributed by atoms with E-state index in [-0.39, 0.29) is 0 Å². The van der Waals surface area contributed by atoms with Crippen LogP contribution in [0.2, 0.25) is 0 Å². The second kappa shape index (κ2) is 4.41. The van der Waals surface area contributed by atoms with E-state index in [1.165, 1.54) is 0 Å². The summed E-state index contributed by atoms with van der Waals surface area (Å²) in [6.45, 7) is 0.852. The molecule has 0 aliphatic heterocycles. The van der Waals surface area contributed by atoms with E-state index in [4.69, 9.17) is 0 Å². The fourth-order valence-electron chi connectivity index (χ4n) is 0.748. The molecule has 0 radical (unpaired) electrons. The zero-order chi connectivity index (χ0) is 11.6. The molecule has 7 nitrogen and oxygen atoms in total. The molecule has 0 aromatic heterocycles. The second-order valence-corrected chi connectivity index (χ2v) is 7.76. The number of hydrogen-bond acceptors (Lipinski definition) is 6. The van der Waals surface area contributed by atoms with Crippen LogP contribution in [0.3, 0.4) is 0 Å². The summed E-state index contributed by atoms with van der Waals surface area (Å²) in [5, 5.41) is 7.01. The van der Waals surface area contributed by atoms with Gasteiger partial charge in [0.2, 0.25) is 0 Å². The molecular weight excluding hydrogens is 234 g/mol. The van der Waals surface area contributed by atoms with Crippen molar-refractivity contribution in [2.24, 2.45) is 0 Å². The molecule has 9 heteroatoms. The smallest absolute Gasteiger partial charge is 0.368 e. The van der Waals surface area contributed by atoms with E-state index in [2.05, 4.69) is 13.6 Å². The van der Waals surface area contributed by atoms with Gasteiger partial charge in [-0.25, -0.2) is 0 Å². The molecule has 0 aliphatic rings. The van der Waals surface area contributed by atoms with Crippen LogP contribution in [-0.4, -0.2) is 36.4 Å². The molecule has 0 bridgehead atoms. The van der Waals surface area contributed by atoms with Gasteiger partial charge in [0.05, 0.1) is 0 Å². The van der Waals surface area contributed by atoms with Crippen LogP contribution in [-0.2, 0) is 22.7 Å². The Balaban J connectivity index is 5.34. The van der Waals surface area contributed by atoms with Gasteiger partial charge in [0.15, 0.2) is 0 Å². The highest BCUT2D eigenvalue weighted by Crippen LogP contribution is 2.73. The average molecular weight is 248 g/mol. The summed E-state index contributed by atoms with van der Waals surface area (Å²) in [4.78, 5) is 9.20. The molecule has 0 heterocycles. The predicted molar refractivity (Wildman–Crippen MR) is 49.1 cm³/mol. The van der Waals surface area contributed by atoms with E-state index < -0.39 is 20.3 Å². The molecule has 14 heavy (non-hydrogen) atoms. The van der Waals surface area contributed by atoms with Crippen LogP contribution >= 0.6 is 15.2 Å². The van der Waals surface area contributed by atoms with Gasteiger partial charge in [-0.2, -0.15) is 0 Å². The Hall–Kier alpha value is 0.260. The van der Waals surface area contributed by atoms with Gasteiger partial charge in [-0.05, 0) is 6.92 Å². The summed E-state index contributed by atoms with van der Waals surface area (Å²) < 4.78 is 36.0. The minimum atomic E-state index is -4.49. The van der Waals surface area contributed by atoms with E-state index >= 15 is 0 Å². The Morgan fingerprint density at radius 2 is 1.43 bits per heavy atom. The number of aliphatic hydroxyl groups is 1. The molecule has 0 aromatic carbocycles. The summed E-state index contributed by atoms with van der Waals surface area (Å²) in [6.07, 6.45) is 0. The first-order valence-corrected chi connectivity index (χ1v) is 6.63. The zero-order valence-corrected chi connectivity index (χ0v) is 10.1. The maximum Gasteiger partial charge on any atom is 0.373 e. The van der Waals surface area contributed by atoms with Gasteiger partial charge in [-0.3, -0.25) is 9.13 Å². The first kappa shape index (κ1) is 14.3. The first-order valence-electron chi connectivity index (χ1n) is 3.51. The summed E-state index contributed by atoms with van der Waals surface area (Å²) in [6, 6.07) is 0. The fourth-order valence-corrected chi connectivity index (χ4v) is 3.91. The molecule has 2 atom stereocenters. The van der Waals surface area contributed by atoms with Crippen LogP contribution < -0.4 is 0 Å². The summed E-state index contributed by atoms with van der Waals surface area (Å²) >= 11 is 0. The minimum absolute atomic E-state index is 0.852. The Labute approximate surface area is 82.1 Å². The topological polar surface area (TPSA) is 102 Å². The largest absolute Gasteiger partial charge is 0.373 e. The van der Waals surface area contributed by atoms with Gasteiger partial charge in [0, 0.05) is 21.3 Å². The van der Waals surface area contributed by atoms with Gasteiger partial charge < -0.3 is 23.6 Å². The molecule has 0 aromatic rings. The van der Waals surface area contributed by atoms with Crippen molar-refractivity contribution in [3.8, 4) is 0 Å². The van der Waals surface area contributed by atoms with Crippen molar-refractivity contribution in [2.45, 2.75) is 12.0 Å². The Morgan fingerprint density at radius 1 is 1.07 bits per heavy atom. The van der Waals surface area contributed by atoms with Gasteiger partial charge in [-0.15, -0.1) is 0 Å². The van der Waals surface area contributed by atoms with Crippen molar-refractivity contribution in [2.75, 3.05) is 21.3 Å². The van der Waals surface area contributed by atoms with E-state index in [9.17, 15) is 19.1 Å². The maximum atomic E-state index is 11.7. The third kappa shape index (κ3) is 2.09. The monoisotopic (exact) mass is 248 g/mol. The molecule has 0 saturated carbocycles. The van der Waals surface area contributed by atoms with Crippen molar-refractivity contribution < 1.29 is 32.7 Å². The lowest BCUT2D eigenvalue weighted by Gasteiger charge is -2.31. The summed E-state index contributed by atoms with van der Waals surface area (Å²) in [7, 11) is -5.70. The van der Waals surface area contributed by atoms with Gasteiger partial charge >= 0.3 is 15.2 Å². The van der Waals surface area contributed by atoms with Gasteiger partial charge in [0.1, 0.15) is 0 Å². The molecule has 86 valence electrons. The van der Waals surface area contributed by atoms with Crippen molar-refractivity contribution in [1.82, 2.24) is 0 Å². The SMILES string of the molecule is COP(=O)(O)C(C)(O)P(=O)(OC)OC. The van der Waals surface area contributed by atoms with Crippen LogP contribution in [0.25, 0.3) is 0 Å². The van der Waals surface area contributed by atoms with Crippen molar-refractivity contribution >= 4 is 15.2 Å². The van der Waals surface area contributed by atoms with Crippen LogP contribution in [0.5, 0.6) is 0 Å². The zero-order valence-electron chi connectivity index (χ0n) is 8.33. The predicted octanol–water partition coefficient (Wildman–Crippen LogP) is 0.970. The number of rotatable bonds is 5. The molecule has 0 amide bonds. The van der Waals surface area contributed by atoms with Crippen molar-refractivity contribution in [3.05, 3.63) is 0 Å². The van der Waals surface area contributed by atoms with Crippen molar-refractivity contribution in [1.29, 1.82) is 0 Å². The van der Waals surface area contributed by atoms with E-state index in [0.717, 1.165) is 28.3 Å².